The summed E-state index contributed by atoms with van der Waals surface area (Å²) < 4.78 is 4.83. The highest BCUT2D eigenvalue weighted by molar-refractivity contribution is 5.94. The average molecular weight is 514 g/mol. The summed E-state index contributed by atoms with van der Waals surface area (Å²) in [5.74, 6) is -0.662. The standard InChI is InChI=1S/C28H39N3O6/c1-18(32)29-24(17-20-12-13-21-22(16-20)28(36)37-27(21)35)25(33)30-23-11-5-6-14-31(26(23)34)15-7-10-19-8-3-2-4-9-19/h12-13,16,19,23-24,28,36H,2-11,14-15,17H2,1H3,(H,29,32)(H,30,33)/t23-,24-,28?/m0/s1. The van der Waals surface area contributed by atoms with Crippen LogP contribution in [0.15, 0.2) is 18.2 Å². The van der Waals surface area contributed by atoms with Gasteiger partial charge in [-0.25, -0.2) is 4.79 Å². The van der Waals surface area contributed by atoms with E-state index >= 15 is 0 Å². The first-order valence-electron chi connectivity index (χ1n) is 13.7. The van der Waals surface area contributed by atoms with Gasteiger partial charge in [-0.3, -0.25) is 14.4 Å². The van der Waals surface area contributed by atoms with Crippen LogP contribution >= 0.6 is 0 Å². The molecule has 3 atom stereocenters. The van der Waals surface area contributed by atoms with Crippen LogP contribution in [0.2, 0.25) is 0 Å². The maximum Gasteiger partial charge on any atom is 0.341 e. The van der Waals surface area contributed by atoms with Crippen molar-refractivity contribution in [2.24, 2.45) is 5.92 Å². The summed E-state index contributed by atoms with van der Waals surface area (Å²) in [6, 6.07) is 3.31. The number of fused-ring (bicyclic) bond motifs is 1. The molecule has 202 valence electrons. The number of carbonyl (C=O) groups excluding carboxylic acids is 4. The number of rotatable bonds is 9. The number of likely N-dealkylation sites (tertiary alicyclic amines) is 1. The molecular weight excluding hydrogens is 474 g/mol. The van der Waals surface area contributed by atoms with E-state index in [0.717, 1.165) is 38.1 Å². The Morgan fingerprint density at radius 2 is 1.86 bits per heavy atom. The van der Waals surface area contributed by atoms with Gasteiger partial charge in [0.15, 0.2) is 0 Å². The third-order valence-corrected chi connectivity index (χ3v) is 7.82. The van der Waals surface area contributed by atoms with Gasteiger partial charge in [-0.1, -0.05) is 38.2 Å². The zero-order valence-corrected chi connectivity index (χ0v) is 21.7. The van der Waals surface area contributed by atoms with Crippen molar-refractivity contribution >= 4 is 23.7 Å². The van der Waals surface area contributed by atoms with Crippen LogP contribution in [-0.4, -0.2) is 58.9 Å². The normalized spacial score (nSPS) is 23.1. The van der Waals surface area contributed by atoms with Gasteiger partial charge in [0.25, 0.3) is 0 Å². The number of hydrogen-bond acceptors (Lipinski definition) is 6. The van der Waals surface area contributed by atoms with Crippen LogP contribution < -0.4 is 10.6 Å². The number of amides is 3. The number of aliphatic hydroxyl groups excluding tert-OH is 1. The Morgan fingerprint density at radius 1 is 1.11 bits per heavy atom. The monoisotopic (exact) mass is 513 g/mol. The summed E-state index contributed by atoms with van der Waals surface area (Å²) in [7, 11) is 0. The lowest BCUT2D eigenvalue weighted by Gasteiger charge is -2.28. The van der Waals surface area contributed by atoms with Gasteiger partial charge < -0.3 is 25.4 Å². The summed E-state index contributed by atoms with van der Waals surface area (Å²) in [5, 5.41) is 15.5. The van der Waals surface area contributed by atoms with E-state index in [2.05, 4.69) is 10.6 Å². The third kappa shape index (κ3) is 7.09. The van der Waals surface area contributed by atoms with Crippen LogP contribution in [0, 0.1) is 5.92 Å². The summed E-state index contributed by atoms with van der Waals surface area (Å²) in [5.41, 5.74) is 1.28. The zero-order valence-electron chi connectivity index (χ0n) is 21.7. The van der Waals surface area contributed by atoms with E-state index in [-0.39, 0.29) is 23.8 Å². The minimum Gasteiger partial charge on any atom is -0.428 e. The molecule has 9 nitrogen and oxygen atoms in total. The molecule has 0 aromatic heterocycles. The largest absolute Gasteiger partial charge is 0.428 e. The van der Waals surface area contributed by atoms with Crippen molar-refractivity contribution in [1.29, 1.82) is 0 Å². The number of benzene rings is 1. The number of hydrogen-bond donors (Lipinski definition) is 3. The van der Waals surface area contributed by atoms with Gasteiger partial charge in [-0.05, 0) is 55.7 Å². The van der Waals surface area contributed by atoms with Crippen LogP contribution in [0.3, 0.4) is 0 Å². The second kappa shape index (κ2) is 12.5. The fourth-order valence-electron chi connectivity index (χ4n) is 5.83. The lowest BCUT2D eigenvalue weighted by atomic mass is 9.86. The highest BCUT2D eigenvalue weighted by atomic mass is 16.6. The SMILES string of the molecule is CC(=O)N[C@@H](Cc1ccc2c(c1)C(O)OC2=O)C(=O)N[C@H]1CCCCN(CCCC2CCCCC2)C1=O. The van der Waals surface area contributed by atoms with Gasteiger partial charge in [0, 0.05) is 32.0 Å². The van der Waals surface area contributed by atoms with E-state index in [1.54, 1.807) is 18.2 Å². The number of ether oxygens (including phenoxy) is 1. The molecule has 9 heteroatoms. The quantitative estimate of drug-likeness (QED) is 0.436. The Labute approximate surface area is 218 Å². The Hall–Kier alpha value is -2.94. The average Bonchev–Trinajstić information content (AvgIpc) is 3.04. The molecule has 0 spiro atoms. The number of aliphatic hydroxyl groups is 1. The third-order valence-electron chi connectivity index (χ3n) is 7.82. The molecule has 4 rings (SSSR count). The Bertz CT molecular complexity index is 1010. The molecule has 1 saturated carbocycles. The van der Waals surface area contributed by atoms with E-state index < -0.39 is 30.3 Å². The van der Waals surface area contributed by atoms with Gasteiger partial charge in [-0.2, -0.15) is 0 Å². The first-order chi connectivity index (χ1) is 17.8. The highest BCUT2D eigenvalue weighted by Gasteiger charge is 2.32. The van der Waals surface area contributed by atoms with Crippen molar-refractivity contribution in [2.45, 2.75) is 95.9 Å². The maximum absolute atomic E-state index is 13.3. The minimum absolute atomic E-state index is 0.0487. The molecule has 0 bridgehead atoms. The molecule has 1 aliphatic carbocycles. The van der Waals surface area contributed by atoms with Crippen molar-refractivity contribution in [3.63, 3.8) is 0 Å². The van der Waals surface area contributed by atoms with Crippen molar-refractivity contribution in [2.75, 3.05) is 13.1 Å². The Morgan fingerprint density at radius 3 is 2.62 bits per heavy atom. The van der Waals surface area contributed by atoms with Crippen LogP contribution in [0.5, 0.6) is 0 Å². The second-order valence-electron chi connectivity index (χ2n) is 10.7. The summed E-state index contributed by atoms with van der Waals surface area (Å²) >= 11 is 0. The summed E-state index contributed by atoms with van der Waals surface area (Å²) in [6.07, 6.45) is 9.82. The predicted octanol–water partition coefficient (Wildman–Crippen LogP) is 2.75. The van der Waals surface area contributed by atoms with E-state index in [4.69, 9.17) is 4.74 Å². The Balaban J connectivity index is 1.37. The lowest BCUT2D eigenvalue weighted by molar-refractivity contribution is -0.136. The first-order valence-corrected chi connectivity index (χ1v) is 13.7. The molecule has 2 aliphatic heterocycles. The van der Waals surface area contributed by atoms with E-state index in [1.807, 2.05) is 4.90 Å². The number of nitrogens with zero attached hydrogens (tertiary/aromatic N) is 1. The van der Waals surface area contributed by atoms with Gasteiger partial charge in [0.2, 0.25) is 24.0 Å². The molecule has 3 aliphatic rings. The van der Waals surface area contributed by atoms with Gasteiger partial charge >= 0.3 is 5.97 Å². The van der Waals surface area contributed by atoms with Crippen LogP contribution in [-0.2, 0) is 25.5 Å². The molecule has 1 saturated heterocycles. The second-order valence-corrected chi connectivity index (χ2v) is 10.7. The van der Waals surface area contributed by atoms with Gasteiger partial charge in [0.1, 0.15) is 12.1 Å². The molecule has 1 aromatic rings. The molecule has 2 fully saturated rings. The fraction of sp³-hybridized carbons (Fsp3) is 0.643. The number of carbonyl (C=O) groups is 4. The van der Waals surface area contributed by atoms with Crippen molar-refractivity contribution in [3.8, 4) is 0 Å². The summed E-state index contributed by atoms with van der Waals surface area (Å²) in [6.45, 7) is 2.77. The van der Waals surface area contributed by atoms with E-state index in [9.17, 15) is 24.3 Å². The lowest BCUT2D eigenvalue weighted by Crippen LogP contribution is -2.54. The summed E-state index contributed by atoms with van der Waals surface area (Å²) in [4.78, 5) is 52.1. The first kappa shape index (κ1) is 27.1. The predicted molar refractivity (Wildman–Crippen MR) is 136 cm³/mol. The van der Waals surface area contributed by atoms with E-state index in [0.29, 0.717) is 24.1 Å². The molecule has 0 radical (unpaired) electrons. The molecule has 37 heavy (non-hydrogen) atoms. The molecule has 2 heterocycles. The van der Waals surface area contributed by atoms with Gasteiger partial charge in [0.05, 0.1) is 5.56 Å². The molecular formula is C28H39N3O6. The fourth-order valence-corrected chi connectivity index (χ4v) is 5.83. The van der Waals surface area contributed by atoms with Crippen LogP contribution in [0.4, 0.5) is 0 Å². The van der Waals surface area contributed by atoms with Crippen LogP contribution in [0.1, 0.15) is 98.9 Å². The Kier molecular flexibility index (Phi) is 9.18. The molecule has 1 aromatic carbocycles. The van der Waals surface area contributed by atoms with Crippen molar-refractivity contribution in [1.82, 2.24) is 15.5 Å². The highest BCUT2D eigenvalue weighted by Crippen LogP contribution is 2.30. The molecule has 1 unspecified atom stereocenters. The number of nitrogens with one attached hydrogen (secondary N) is 2. The topological polar surface area (TPSA) is 125 Å². The maximum atomic E-state index is 13.3. The van der Waals surface area contributed by atoms with Crippen molar-refractivity contribution < 1.29 is 29.0 Å². The van der Waals surface area contributed by atoms with Crippen molar-refractivity contribution in [3.05, 3.63) is 34.9 Å². The minimum atomic E-state index is -1.34. The smallest absolute Gasteiger partial charge is 0.341 e. The zero-order chi connectivity index (χ0) is 26.4. The molecule has 3 amide bonds. The number of esters is 1. The number of cyclic esters (lactones) is 1. The molecule has 3 N–H and O–H groups in total. The van der Waals surface area contributed by atoms with E-state index in [1.165, 1.54) is 39.0 Å². The van der Waals surface area contributed by atoms with Gasteiger partial charge in [-0.15, -0.1) is 0 Å². The van der Waals surface area contributed by atoms with Crippen LogP contribution in [0.25, 0.3) is 0 Å².